The first-order chi connectivity index (χ1) is 21.2. The Balaban J connectivity index is 1.33. The minimum atomic E-state index is -4.64. The summed E-state index contributed by atoms with van der Waals surface area (Å²) in [4.78, 5) is 34.2. The van der Waals surface area contributed by atoms with Gasteiger partial charge in [0.2, 0.25) is 5.91 Å². The number of rotatable bonds is 6. The van der Waals surface area contributed by atoms with Crippen LogP contribution in [0.2, 0.25) is 0 Å². The van der Waals surface area contributed by atoms with Crippen LogP contribution in [0.25, 0.3) is 17.1 Å². The predicted molar refractivity (Wildman–Crippen MR) is 151 cm³/mol. The van der Waals surface area contributed by atoms with Crippen molar-refractivity contribution in [1.29, 1.82) is 0 Å². The van der Waals surface area contributed by atoms with Gasteiger partial charge in [0, 0.05) is 5.56 Å². The Morgan fingerprint density at radius 1 is 1.07 bits per heavy atom. The summed E-state index contributed by atoms with van der Waals surface area (Å²) in [5.41, 5.74) is -0.423. The van der Waals surface area contributed by atoms with Crippen LogP contribution in [0.15, 0.2) is 72.0 Å². The molecule has 3 amide bonds. The molecule has 0 aliphatic carbocycles. The van der Waals surface area contributed by atoms with Crippen molar-refractivity contribution in [2.45, 2.75) is 19.3 Å². The van der Waals surface area contributed by atoms with E-state index >= 15 is 0 Å². The number of aliphatic imine (C=N–C) groups is 1. The molecule has 0 unspecified atom stereocenters. The Hall–Kier alpha value is -4.93. The van der Waals surface area contributed by atoms with Crippen LogP contribution in [0.5, 0.6) is 5.75 Å². The van der Waals surface area contributed by atoms with Crippen LogP contribution in [0.4, 0.5) is 46.9 Å². The summed E-state index contributed by atoms with van der Waals surface area (Å²) in [5.74, 6) is -1.93. The third kappa shape index (κ3) is 7.42. The van der Waals surface area contributed by atoms with E-state index in [0.717, 1.165) is 45.9 Å². The lowest BCUT2D eigenvalue weighted by Gasteiger charge is -2.21. The highest BCUT2D eigenvalue weighted by molar-refractivity contribution is 8.15. The molecule has 1 aliphatic rings. The summed E-state index contributed by atoms with van der Waals surface area (Å²) >= 11 is 0.850. The monoisotopic (exact) mass is 652 g/mol. The van der Waals surface area contributed by atoms with Gasteiger partial charge in [-0.25, -0.2) is 18.9 Å². The number of aryl methyl sites for hydroxylation is 1. The molecule has 1 saturated heterocycles. The summed E-state index contributed by atoms with van der Waals surface area (Å²) in [6.07, 6.45) is -8.04. The Bertz CT molecular complexity index is 1810. The van der Waals surface area contributed by atoms with Crippen LogP contribution in [-0.4, -0.2) is 50.4 Å². The highest BCUT2D eigenvalue weighted by atomic mass is 32.2. The summed E-state index contributed by atoms with van der Waals surface area (Å²) in [7, 11) is 0. The molecule has 3 aromatic carbocycles. The van der Waals surface area contributed by atoms with E-state index in [9.17, 15) is 40.3 Å². The van der Waals surface area contributed by atoms with Gasteiger partial charge in [0.25, 0.3) is 0 Å². The van der Waals surface area contributed by atoms with Gasteiger partial charge < -0.3 is 10.1 Å². The number of carbonyl (C=O) groups excluding carboxylic acids is 2. The number of halogens is 7. The number of amides is 3. The molecule has 0 radical (unpaired) electrons. The summed E-state index contributed by atoms with van der Waals surface area (Å²) in [6.45, 7) is 0.0352. The Kier molecular flexibility index (Phi) is 8.55. The van der Waals surface area contributed by atoms with Crippen molar-refractivity contribution in [2.24, 2.45) is 4.99 Å². The van der Waals surface area contributed by atoms with Crippen molar-refractivity contribution in [3.63, 3.8) is 0 Å². The molecule has 0 saturated carbocycles. The maximum Gasteiger partial charge on any atom is 0.422 e. The molecule has 9 nitrogen and oxygen atoms in total. The molecular formula is C28H19F7N6O3S. The summed E-state index contributed by atoms with van der Waals surface area (Å²) in [5, 5.41) is 6.18. The van der Waals surface area contributed by atoms with E-state index in [1.165, 1.54) is 42.5 Å². The fourth-order valence-electron chi connectivity index (χ4n) is 4.10. The third-order valence-electron chi connectivity index (χ3n) is 6.11. The second kappa shape index (κ2) is 12.2. The minimum Gasteiger partial charge on any atom is -0.482 e. The molecule has 4 aromatic rings. The summed E-state index contributed by atoms with van der Waals surface area (Å²) < 4.78 is 98.5. The smallest absolute Gasteiger partial charge is 0.422 e. The van der Waals surface area contributed by atoms with Crippen LogP contribution >= 0.6 is 11.8 Å². The number of amidine groups is 1. The Labute approximate surface area is 253 Å². The van der Waals surface area contributed by atoms with Crippen LogP contribution in [0.3, 0.4) is 0 Å². The molecule has 0 bridgehead atoms. The number of nitrogens with zero attached hydrogens (tertiary/aromatic N) is 5. The van der Waals surface area contributed by atoms with Crippen molar-refractivity contribution < 1.29 is 45.1 Å². The van der Waals surface area contributed by atoms with E-state index in [1.807, 2.05) is 0 Å². The van der Waals surface area contributed by atoms with E-state index in [4.69, 9.17) is 4.74 Å². The average Bonchev–Trinajstić information content (AvgIpc) is 3.60. The molecule has 1 fully saturated rings. The third-order valence-corrected chi connectivity index (χ3v) is 7.03. The van der Waals surface area contributed by atoms with Gasteiger partial charge in [0.05, 0.1) is 28.4 Å². The molecule has 0 spiro atoms. The Morgan fingerprint density at radius 2 is 1.84 bits per heavy atom. The van der Waals surface area contributed by atoms with Crippen molar-refractivity contribution in [3.8, 4) is 22.8 Å². The molecule has 2 heterocycles. The van der Waals surface area contributed by atoms with Crippen molar-refractivity contribution >= 4 is 40.2 Å². The molecule has 1 aliphatic heterocycles. The lowest BCUT2D eigenvalue weighted by atomic mass is 10.2. The summed E-state index contributed by atoms with van der Waals surface area (Å²) in [6, 6.07) is 11.0. The van der Waals surface area contributed by atoms with Crippen LogP contribution in [0, 0.1) is 12.7 Å². The lowest BCUT2D eigenvalue weighted by Crippen LogP contribution is -2.31. The van der Waals surface area contributed by atoms with Crippen LogP contribution in [-0.2, 0) is 11.0 Å². The van der Waals surface area contributed by atoms with Crippen molar-refractivity contribution in [3.05, 3.63) is 83.9 Å². The average molecular weight is 653 g/mol. The van der Waals surface area contributed by atoms with Gasteiger partial charge in [-0.05, 0) is 61.0 Å². The Morgan fingerprint density at radius 3 is 2.56 bits per heavy atom. The van der Waals surface area contributed by atoms with Crippen molar-refractivity contribution in [1.82, 2.24) is 14.8 Å². The lowest BCUT2D eigenvalue weighted by molar-refractivity contribution is -0.153. The van der Waals surface area contributed by atoms with Gasteiger partial charge in [0.15, 0.2) is 17.6 Å². The molecule has 1 N–H and O–H groups in total. The standard InChI is InChI=1S/C28H19F7N6O3S/c1-15-5-8-22(44-13-27(30,31)32)21(9-15)41-23(42)12-45-26(41)38-25(43)37-20-7-6-16(10-19(20)29)24-36-14-40(39-24)18-4-2-3-17(11-18)28(33,34)35/h2-11,14H,12-13H2,1H3,(H,37,43). The van der Waals surface area contributed by atoms with E-state index in [0.29, 0.717) is 5.56 Å². The number of hydrogen-bond acceptors (Lipinski definition) is 6. The van der Waals surface area contributed by atoms with Crippen molar-refractivity contribution in [2.75, 3.05) is 22.6 Å². The molecular weight excluding hydrogens is 633 g/mol. The van der Waals surface area contributed by atoms with E-state index in [-0.39, 0.29) is 45.1 Å². The molecule has 1 aromatic heterocycles. The number of hydrogen-bond donors (Lipinski definition) is 1. The van der Waals surface area contributed by atoms with Crippen LogP contribution < -0.4 is 15.0 Å². The maximum absolute atomic E-state index is 15.0. The van der Waals surface area contributed by atoms with Gasteiger partial charge in [-0.3, -0.25) is 9.69 Å². The predicted octanol–water partition coefficient (Wildman–Crippen LogP) is 7.01. The SMILES string of the molecule is Cc1ccc(OCC(F)(F)F)c(N2C(=O)CSC2=NC(=O)Nc2ccc(-c3ncn(-c4cccc(C(F)(F)F)c4)n3)cc2F)c1. The van der Waals surface area contributed by atoms with E-state index < -0.39 is 42.3 Å². The normalized spacial score (nSPS) is 14.7. The van der Waals surface area contributed by atoms with Crippen LogP contribution in [0.1, 0.15) is 11.1 Å². The number of urea groups is 1. The zero-order valence-electron chi connectivity index (χ0n) is 22.8. The number of anilines is 2. The highest BCUT2D eigenvalue weighted by Crippen LogP contribution is 2.36. The van der Waals surface area contributed by atoms with Gasteiger partial charge in [0.1, 0.15) is 17.9 Å². The molecule has 0 atom stereocenters. The quantitative estimate of drug-likeness (QED) is 0.225. The van der Waals surface area contributed by atoms with Gasteiger partial charge in [-0.15, -0.1) is 5.10 Å². The second-order valence-electron chi connectivity index (χ2n) is 9.47. The van der Waals surface area contributed by atoms with Gasteiger partial charge in [-0.1, -0.05) is 23.9 Å². The molecule has 234 valence electrons. The van der Waals surface area contributed by atoms with E-state index in [2.05, 4.69) is 20.4 Å². The number of alkyl halides is 6. The first-order valence-electron chi connectivity index (χ1n) is 12.7. The zero-order valence-corrected chi connectivity index (χ0v) is 23.6. The number of aromatic nitrogens is 3. The highest BCUT2D eigenvalue weighted by Gasteiger charge is 2.35. The molecule has 17 heteroatoms. The number of carbonyl (C=O) groups is 2. The topological polar surface area (TPSA) is 102 Å². The number of benzene rings is 3. The van der Waals surface area contributed by atoms with E-state index in [1.54, 1.807) is 6.92 Å². The second-order valence-corrected chi connectivity index (χ2v) is 10.4. The first-order valence-corrected chi connectivity index (χ1v) is 13.7. The zero-order chi connectivity index (χ0) is 32.5. The largest absolute Gasteiger partial charge is 0.482 e. The molecule has 45 heavy (non-hydrogen) atoms. The van der Waals surface area contributed by atoms with Gasteiger partial charge in [-0.2, -0.15) is 31.3 Å². The maximum atomic E-state index is 15.0. The fraction of sp³-hybridized carbons (Fsp3) is 0.179. The van der Waals surface area contributed by atoms with Gasteiger partial charge >= 0.3 is 18.4 Å². The number of thioether (sulfide) groups is 1. The molecule has 5 rings (SSSR count). The minimum absolute atomic E-state index is 0.0114. The number of ether oxygens (including phenoxy) is 1. The first kappa shape index (κ1) is 31.5. The number of nitrogens with one attached hydrogen (secondary N) is 1. The fourth-order valence-corrected chi connectivity index (χ4v) is 4.95.